The van der Waals surface area contributed by atoms with Gasteiger partial charge >= 0.3 is 0 Å². The lowest BCUT2D eigenvalue weighted by Crippen LogP contribution is -2.57. The fourth-order valence-electron chi connectivity index (χ4n) is 5.63. The molecule has 0 aromatic heterocycles. The SMILES string of the molecule is CCO[C@]12C=CC(=O)[C@H]3O[C@]31CC[C@@H](CCC[C@H](C)CCC[C@H](C)CCCC(C)C)O2. The van der Waals surface area contributed by atoms with E-state index in [2.05, 4.69) is 27.7 Å². The molecule has 178 valence electrons. The van der Waals surface area contributed by atoms with Crippen LogP contribution in [0.15, 0.2) is 12.2 Å². The van der Waals surface area contributed by atoms with Gasteiger partial charge in [0.15, 0.2) is 17.5 Å². The van der Waals surface area contributed by atoms with E-state index in [0.29, 0.717) is 6.61 Å². The van der Waals surface area contributed by atoms with Crippen LogP contribution in [0.5, 0.6) is 0 Å². The molecule has 4 heteroatoms. The van der Waals surface area contributed by atoms with Crippen LogP contribution in [0.3, 0.4) is 0 Å². The zero-order valence-corrected chi connectivity index (χ0v) is 20.7. The van der Waals surface area contributed by atoms with Gasteiger partial charge in [0.05, 0.1) is 6.10 Å². The number of epoxide rings is 1. The van der Waals surface area contributed by atoms with E-state index in [1.807, 2.05) is 13.0 Å². The van der Waals surface area contributed by atoms with Crippen molar-refractivity contribution in [3.05, 3.63) is 12.2 Å². The van der Waals surface area contributed by atoms with Crippen LogP contribution in [-0.4, -0.2) is 36.0 Å². The molecule has 0 aromatic carbocycles. The number of ketones is 1. The molecule has 0 aromatic rings. The summed E-state index contributed by atoms with van der Waals surface area (Å²) in [6.45, 7) is 12.0. The van der Waals surface area contributed by atoms with E-state index in [1.165, 1.54) is 51.4 Å². The van der Waals surface area contributed by atoms with Gasteiger partial charge in [0.2, 0.25) is 5.79 Å². The van der Waals surface area contributed by atoms with Gasteiger partial charge in [-0.3, -0.25) is 4.79 Å². The number of ether oxygens (including phenoxy) is 3. The van der Waals surface area contributed by atoms with E-state index in [4.69, 9.17) is 14.2 Å². The van der Waals surface area contributed by atoms with Crippen LogP contribution in [0.1, 0.15) is 105 Å². The quantitative estimate of drug-likeness (QED) is 0.288. The van der Waals surface area contributed by atoms with Crippen LogP contribution in [0.2, 0.25) is 0 Å². The lowest BCUT2D eigenvalue weighted by Gasteiger charge is -2.44. The third-order valence-corrected chi connectivity index (χ3v) is 7.64. The van der Waals surface area contributed by atoms with Crippen molar-refractivity contribution in [1.82, 2.24) is 0 Å². The highest BCUT2D eigenvalue weighted by molar-refractivity contribution is 5.98. The lowest BCUT2D eigenvalue weighted by molar-refractivity contribution is -0.282. The number of carbonyl (C=O) groups excluding carboxylic acids is 1. The predicted octanol–water partition coefficient (Wildman–Crippen LogP) is 6.61. The zero-order chi connectivity index (χ0) is 22.5. The van der Waals surface area contributed by atoms with E-state index >= 15 is 0 Å². The number of hydrogen-bond donors (Lipinski definition) is 0. The summed E-state index contributed by atoms with van der Waals surface area (Å²) < 4.78 is 18.4. The molecular weight excluding hydrogens is 388 g/mol. The highest BCUT2D eigenvalue weighted by Crippen LogP contribution is 2.58. The number of rotatable bonds is 14. The third kappa shape index (κ3) is 6.00. The van der Waals surface area contributed by atoms with Gasteiger partial charge in [-0.25, -0.2) is 0 Å². The molecular formula is C27H46O4. The maximum Gasteiger partial charge on any atom is 0.221 e. The average Bonchev–Trinajstić information content (AvgIpc) is 3.46. The molecule has 1 aliphatic carbocycles. The van der Waals surface area contributed by atoms with Gasteiger partial charge in [-0.15, -0.1) is 0 Å². The van der Waals surface area contributed by atoms with Gasteiger partial charge in [0.1, 0.15) is 0 Å². The van der Waals surface area contributed by atoms with Crippen LogP contribution in [0, 0.1) is 17.8 Å². The molecule has 0 radical (unpaired) electrons. The molecule has 3 rings (SSSR count). The van der Waals surface area contributed by atoms with Gasteiger partial charge in [0.25, 0.3) is 0 Å². The standard InChI is InChI=1S/C27H46O4/c1-6-29-27-19-17-24(28)25-26(27,31-25)18-16-23(30-27)15-9-14-22(5)13-8-12-21(4)11-7-10-20(2)3/h17,19-23,25H,6-16,18H2,1-5H3/t21-,22-,23-,25-,26-,27+/m1/s1. The Morgan fingerprint density at radius 2 is 1.65 bits per heavy atom. The second-order valence-electron chi connectivity index (χ2n) is 10.9. The Hall–Kier alpha value is -0.710. The van der Waals surface area contributed by atoms with Crippen molar-refractivity contribution in [2.24, 2.45) is 17.8 Å². The molecule has 2 heterocycles. The first kappa shape index (κ1) is 24.9. The Kier molecular flexibility index (Phi) is 8.80. The van der Waals surface area contributed by atoms with Gasteiger partial charge in [-0.05, 0) is 56.1 Å². The topological polar surface area (TPSA) is 48.1 Å². The van der Waals surface area contributed by atoms with Gasteiger partial charge in [-0.2, -0.15) is 0 Å². The fraction of sp³-hybridized carbons (Fsp3) is 0.889. The first-order chi connectivity index (χ1) is 14.8. The molecule has 2 saturated heterocycles. The molecule has 1 spiro atoms. The van der Waals surface area contributed by atoms with Crippen LogP contribution in [-0.2, 0) is 19.0 Å². The summed E-state index contributed by atoms with van der Waals surface area (Å²) in [7, 11) is 0. The molecule has 0 unspecified atom stereocenters. The van der Waals surface area contributed by atoms with E-state index in [9.17, 15) is 4.79 Å². The van der Waals surface area contributed by atoms with Gasteiger partial charge in [0, 0.05) is 6.61 Å². The van der Waals surface area contributed by atoms with E-state index in [-0.39, 0.29) is 18.0 Å². The molecule has 31 heavy (non-hydrogen) atoms. The van der Waals surface area contributed by atoms with E-state index in [0.717, 1.165) is 37.0 Å². The normalized spacial score (nSPS) is 33.8. The molecule has 3 aliphatic rings. The lowest BCUT2D eigenvalue weighted by atomic mass is 9.80. The van der Waals surface area contributed by atoms with Crippen molar-refractivity contribution in [2.45, 2.75) is 129 Å². The molecule has 0 amide bonds. The zero-order valence-electron chi connectivity index (χ0n) is 20.7. The Labute approximate surface area is 190 Å². The summed E-state index contributed by atoms with van der Waals surface area (Å²) in [6.07, 6.45) is 16.8. The van der Waals surface area contributed by atoms with Crippen molar-refractivity contribution in [3.63, 3.8) is 0 Å². The van der Waals surface area contributed by atoms with Crippen molar-refractivity contribution >= 4 is 5.78 Å². The Morgan fingerprint density at radius 3 is 2.29 bits per heavy atom. The summed E-state index contributed by atoms with van der Waals surface area (Å²) in [6, 6.07) is 0. The molecule has 2 aliphatic heterocycles. The largest absolute Gasteiger partial charge is 0.351 e. The van der Waals surface area contributed by atoms with Crippen LogP contribution >= 0.6 is 0 Å². The minimum Gasteiger partial charge on any atom is -0.351 e. The molecule has 0 bridgehead atoms. The Balaban J connectivity index is 1.34. The van der Waals surface area contributed by atoms with Crippen molar-refractivity contribution in [3.8, 4) is 0 Å². The maximum absolute atomic E-state index is 12.0. The summed E-state index contributed by atoms with van der Waals surface area (Å²) >= 11 is 0. The summed E-state index contributed by atoms with van der Waals surface area (Å²) in [5.41, 5.74) is -0.565. The highest BCUT2D eigenvalue weighted by atomic mass is 16.8. The van der Waals surface area contributed by atoms with Crippen molar-refractivity contribution in [1.29, 1.82) is 0 Å². The third-order valence-electron chi connectivity index (χ3n) is 7.64. The molecule has 0 N–H and O–H groups in total. The van der Waals surface area contributed by atoms with Gasteiger partial charge < -0.3 is 14.2 Å². The first-order valence-corrected chi connectivity index (χ1v) is 13.0. The first-order valence-electron chi connectivity index (χ1n) is 13.0. The van der Waals surface area contributed by atoms with Crippen molar-refractivity contribution < 1.29 is 19.0 Å². The van der Waals surface area contributed by atoms with Crippen molar-refractivity contribution in [2.75, 3.05) is 6.61 Å². The van der Waals surface area contributed by atoms with E-state index < -0.39 is 11.4 Å². The molecule has 2 fully saturated rings. The molecule has 4 nitrogen and oxygen atoms in total. The van der Waals surface area contributed by atoms with Crippen LogP contribution in [0.25, 0.3) is 0 Å². The fourth-order valence-corrected chi connectivity index (χ4v) is 5.63. The Morgan fingerprint density at radius 1 is 1.00 bits per heavy atom. The van der Waals surface area contributed by atoms with E-state index in [1.54, 1.807) is 6.08 Å². The average molecular weight is 435 g/mol. The van der Waals surface area contributed by atoms with Crippen LogP contribution < -0.4 is 0 Å². The predicted molar refractivity (Wildman–Crippen MR) is 125 cm³/mol. The second-order valence-corrected chi connectivity index (χ2v) is 10.9. The maximum atomic E-state index is 12.0. The highest BCUT2D eigenvalue weighted by Gasteiger charge is 2.75. The molecule has 6 atom stereocenters. The summed E-state index contributed by atoms with van der Waals surface area (Å²) in [4.78, 5) is 12.0. The monoisotopic (exact) mass is 434 g/mol. The van der Waals surface area contributed by atoms with Crippen LogP contribution in [0.4, 0.5) is 0 Å². The minimum absolute atomic E-state index is 0.0560. The number of carbonyl (C=O) groups is 1. The summed E-state index contributed by atoms with van der Waals surface area (Å²) in [5, 5.41) is 0. The Bertz CT molecular complexity index is 614. The minimum atomic E-state index is -0.861. The summed E-state index contributed by atoms with van der Waals surface area (Å²) in [5.74, 6) is 1.68. The van der Waals surface area contributed by atoms with Gasteiger partial charge in [-0.1, -0.05) is 79.1 Å². The molecule has 0 saturated carbocycles. The second kappa shape index (κ2) is 10.9. The number of hydrogen-bond acceptors (Lipinski definition) is 4. The smallest absolute Gasteiger partial charge is 0.221 e.